The predicted molar refractivity (Wildman–Crippen MR) is 77.4 cm³/mol. The number of hydrogen-bond donors (Lipinski definition) is 0. The van der Waals surface area contributed by atoms with Gasteiger partial charge >= 0.3 is 0 Å². The van der Waals surface area contributed by atoms with Gasteiger partial charge in [-0.25, -0.2) is 0 Å². The summed E-state index contributed by atoms with van der Waals surface area (Å²) in [5, 5.41) is 0. The normalized spacial score (nSPS) is 19.2. The molecule has 2 rings (SSSR count). The number of likely N-dealkylation sites (tertiary alicyclic amines) is 1. The number of carbonyl (C=O) groups excluding carboxylic acids is 1. The molecule has 98 valence electrons. The first-order valence-corrected chi connectivity index (χ1v) is 7.56. The summed E-state index contributed by atoms with van der Waals surface area (Å²) >= 11 is 3.50. The second kappa shape index (κ2) is 6.37. The summed E-state index contributed by atoms with van der Waals surface area (Å²) < 4.78 is 1.09. The molecule has 1 amide bonds. The fraction of sp³-hybridized carbons (Fsp3) is 0.533. The van der Waals surface area contributed by atoms with Crippen LogP contribution < -0.4 is 0 Å². The minimum absolute atomic E-state index is 0.284. The molecule has 1 unspecified atom stereocenters. The Morgan fingerprint density at radius 2 is 2.33 bits per heavy atom. The molecule has 3 heteroatoms. The van der Waals surface area contributed by atoms with E-state index in [0.717, 1.165) is 36.7 Å². The highest BCUT2D eigenvalue weighted by Crippen LogP contribution is 2.33. The first-order valence-electron chi connectivity index (χ1n) is 6.77. The van der Waals surface area contributed by atoms with Crippen LogP contribution in [0.4, 0.5) is 0 Å². The van der Waals surface area contributed by atoms with Gasteiger partial charge in [0.25, 0.3) is 0 Å². The molecule has 0 bridgehead atoms. The van der Waals surface area contributed by atoms with Gasteiger partial charge in [-0.2, -0.15) is 0 Å². The Morgan fingerprint density at radius 3 is 3.06 bits per heavy atom. The monoisotopic (exact) mass is 309 g/mol. The van der Waals surface area contributed by atoms with E-state index in [-0.39, 0.29) is 6.04 Å². The third-order valence-electron chi connectivity index (χ3n) is 3.55. The van der Waals surface area contributed by atoms with Gasteiger partial charge in [0, 0.05) is 17.4 Å². The van der Waals surface area contributed by atoms with Crippen LogP contribution in [0.3, 0.4) is 0 Å². The lowest BCUT2D eigenvalue weighted by atomic mass is 10.0. The van der Waals surface area contributed by atoms with E-state index in [2.05, 4.69) is 39.9 Å². The highest BCUT2D eigenvalue weighted by molar-refractivity contribution is 9.10. The molecule has 1 atom stereocenters. The molecule has 1 heterocycles. The van der Waals surface area contributed by atoms with Crippen LogP contribution in [-0.4, -0.2) is 17.4 Å². The molecule has 1 aliphatic rings. The van der Waals surface area contributed by atoms with Crippen LogP contribution in [0.5, 0.6) is 0 Å². The fourth-order valence-corrected chi connectivity index (χ4v) is 3.01. The Kier molecular flexibility index (Phi) is 4.81. The second-order valence-electron chi connectivity index (χ2n) is 4.90. The number of benzene rings is 1. The summed E-state index contributed by atoms with van der Waals surface area (Å²) in [4.78, 5) is 14.3. The van der Waals surface area contributed by atoms with Crippen molar-refractivity contribution in [3.63, 3.8) is 0 Å². The molecule has 1 saturated heterocycles. The fourth-order valence-electron chi connectivity index (χ4n) is 2.60. The Labute approximate surface area is 117 Å². The van der Waals surface area contributed by atoms with Crippen molar-refractivity contribution >= 4 is 21.8 Å². The summed E-state index contributed by atoms with van der Waals surface area (Å²) in [5.74, 6) is 0.319. The van der Waals surface area contributed by atoms with Gasteiger partial charge in [-0.15, -0.1) is 0 Å². The summed E-state index contributed by atoms with van der Waals surface area (Å²) in [6.07, 6.45) is 4.99. The van der Waals surface area contributed by atoms with Crippen LogP contribution in [0.2, 0.25) is 0 Å². The molecular weight excluding hydrogens is 290 g/mol. The zero-order chi connectivity index (χ0) is 13.0. The number of unbranched alkanes of at least 4 members (excludes halogenated alkanes) is 1. The summed E-state index contributed by atoms with van der Waals surface area (Å²) in [5.41, 5.74) is 1.26. The summed E-state index contributed by atoms with van der Waals surface area (Å²) in [6, 6.07) is 8.62. The maximum Gasteiger partial charge on any atom is 0.223 e. The van der Waals surface area contributed by atoms with Gasteiger partial charge in [-0.3, -0.25) is 4.79 Å². The summed E-state index contributed by atoms with van der Waals surface area (Å²) in [7, 11) is 0. The molecule has 0 spiro atoms. The van der Waals surface area contributed by atoms with Gasteiger partial charge in [-0.05, 0) is 37.0 Å². The molecule has 1 aromatic rings. The van der Waals surface area contributed by atoms with Crippen molar-refractivity contribution in [3.05, 3.63) is 34.3 Å². The molecule has 0 aromatic heterocycles. The lowest BCUT2D eigenvalue weighted by molar-refractivity contribution is -0.132. The van der Waals surface area contributed by atoms with E-state index in [4.69, 9.17) is 0 Å². The minimum atomic E-state index is 0.284. The molecule has 2 nitrogen and oxygen atoms in total. The molecule has 0 aliphatic carbocycles. The number of halogens is 1. The second-order valence-corrected chi connectivity index (χ2v) is 5.82. The van der Waals surface area contributed by atoms with E-state index in [0.29, 0.717) is 12.3 Å². The van der Waals surface area contributed by atoms with Crippen molar-refractivity contribution in [2.45, 2.75) is 45.1 Å². The third kappa shape index (κ3) is 3.14. The Bertz CT molecular complexity index is 419. The van der Waals surface area contributed by atoms with Gasteiger partial charge in [-0.1, -0.05) is 41.4 Å². The van der Waals surface area contributed by atoms with Gasteiger partial charge in [0.15, 0.2) is 0 Å². The summed E-state index contributed by atoms with van der Waals surface area (Å²) in [6.45, 7) is 3.04. The van der Waals surface area contributed by atoms with Crippen LogP contribution >= 0.6 is 15.9 Å². The van der Waals surface area contributed by atoms with Gasteiger partial charge < -0.3 is 4.90 Å². The van der Waals surface area contributed by atoms with Crippen molar-refractivity contribution in [1.29, 1.82) is 0 Å². The van der Waals surface area contributed by atoms with Gasteiger partial charge in [0.2, 0.25) is 5.91 Å². The van der Waals surface area contributed by atoms with Crippen LogP contribution in [0, 0.1) is 0 Å². The number of hydrogen-bond acceptors (Lipinski definition) is 1. The molecule has 0 radical (unpaired) electrons. The quantitative estimate of drug-likeness (QED) is 0.812. The molecular formula is C15H20BrNO. The SMILES string of the molecule is CCCCC(=O)N1CCCC1c1cccc(Br)c1. The standard InChI is InChI=1S/C15H20BrNO/c1-2-3-9-15(18)17-10-5-8-14(17)12-6-4-7-13(16)11-12/h4,6-7,11,14H,2-3,5,8-10H2,1H3. The molecule has 0 saturated carbocycles. The van der Waals surface area contributed by atoms with Crippen molar-refractivity contribution in [2.75, 3.05) is 6.54 Å². The van der Waals surface area contributed by atoms with E-state index >= 15 is 0 Å². The van der Waals surface area contributed by atoms with Crippen molar-refractivity contribution < 1.29 is 4.79 Å². The average Bonchev–Trinajstić information content (AvgIpc) is 2.85. The number of carbonyl (C=O) groups is 1. The van der Waals surface area contributed by atoms with Crippen LogP contribution in [0.15, 0.2) is 28.7 Å². The average molecular weight is 310 g/mol. The molecule has 1 fully saturated rings. The predicted octanol–water partition coefficient (Wildman–Crippen LogP) is 4.30. The Hall–Kier alpha value is -0.830. The van der Waals surface area contributed by atoms with Crippen LogP contribution in [-0.2, 0) is 4.79 Å². The first-order chi connectivity index (χ1) is 8.72. The Morgan fingerprint density at radius 1 is 1.50 bits per heavy atom. The maximum absolute atomic E-state index is 12.2. The van der Waals surface area contributed by atoms with E-state index in [1.54, 1.807) is 0 Å². The zero-order valence-electron chi connectivity index (χ0n) is 10.9. The van der Waals surface area contributed by atoms with Gasteiger partial charge in [0.1, 0.15) is 0 Å². The number of nitrogens with zero attached hydrogens (tertiary/aromatic N) is 1. The van der Waals surface area contributed by atoms with Crippen molar-refractivity contribution in [2.24, 2.45) is 0 Å². The minimum Gasteiger partial charge on any atom is -0.336 e. The van der Waals surface area contributed by atoms with E-state index in [9.17, 15) is 4.79 Å². The van der Waals surface area contributed by atoms with E-state index in [1.807, 2.05) is 12.1 Å². The first kappa shape index (κ1) is 13.6. The molecule has 1 aliphatic heterocycles. The molecule has 0 N–H and O–H groups in total. The molecule has 1 aromatic carbocycles. The van der Waals surface area contributed by atoms with Crippen molar-refractivity contribution in [3.8, 4) is 0 Å². The third-order valence-corrected chi connectivity index (χ3v) is 4.04. The van der Waals surface area contributed by atoms with Gasteiger partial charge in [0.05, 0.1) is 6.04 Å². The largest absolute Gasteiger partial charge is 0.336 e. The highest BCUT2D eigenvalue weighted by atomic mass is 79.9. The van der Waals surface area contributed by atoms with E-state index < -0.39 is 0 Å². The number of amides is 1. The molecule has 18 heavy (non-hydrogen) atoms. The van der Waals surface area contributed by atoms with E-state index in [1.165, 1.54) is 5.56 Å². The van der Waals surface area contributed by atoms with Crippen LogP contribution in [0.1, 0.15) is 50.6 Å². The van der Waals surface area contributed by atoms with Crippen molar-refractivity contribution in [1.82, 2.24) is 4.90 Å². The smallest absolute Gasteiger partial charge is 0.223 e. The zero-order valence-corrected chi connectivity index (χ0v) is 12.4. The lowest BCUT2D eigenvalue weighted by Crippen LogP contribution is -2.30. The highest BCUT2D eigenvalue weighted by Gasteiger charge is 2.29. The Balaban J connectivity index is 2.10. The maximum atomic E-state index is 12.2. The lowest BCUT2D eigenvalue weighted by Gasteiger charge is -2.25. The van der Waals surface area contributed by atoms with Crippen LogP contribution in [0.25, 0.3) is 0 Å². The topological polar surface area (TPSA) is 20.3 Å². The number of rotatable bonds is 4.